The Balaban J connectivity index is 1.59. The summed E-state index contributed by atoms with van der Waals surface area (Å²) in [5.41, 5.74) is -0.0404. The van der Waals surface area contributed by atoms with Crippen molar-refractivity contribution in [2.75, 3.05) is 7.11 Å². The molecule has 0 spiro atoms. The SMILES string of the molecule is COC1CCC2(C)C(C1)CC(O)C1C2CC(O)C2(C)C(C(C)CCC(=O)O)CCC12. The van der Waals surface area contributed by atoms with Crippen LogP contribution in [0.5, 0.6) is 0 Å². The topological polar surface area (TPSA) is 87.0 Å². The van der Waals surface area contributed by atoms with Crippen LogP contribution in [0.1, 0.15) is 78.6 Å². The lowest BCUT2D eigenvalue weighted by Crippen LogP contribution is -2.62. The average molecular weight is 423 g/mol. The molecule has 0 heterocycles. The molecule has 0 aromatic rings. The van der Waals surface area contributed by atoms with Crippen LogP contribution in [0.2, 0.25) is 0 Å². The highest BCUT2D eigenvalue weighted by Gasteiger charge is 2.65. The quantitative estimate of drug-likeness (QED) is 0.621. The lowest BCUT2D eigenvalue weighted by Gasteiger charge is -2.63. The van der Waals surface area contributed by atoms with Crippen LogP contribution < -0.4 is 0 Å². The van der Waals surface area contributed by atoms with E-state index in [4.69, 9.17) is 9.84 Å². The summed E-state index contributed by atoms with van der Waals surface area (Å²) in [4.78, 5) is 11.1. The highest BCUT2D eigenvalue weighted by Crippen LogP contribution is 2.68. The summed E-state index contributed by atoms with van der Waals surface area (Å²) in [7, 11) is 1.80. The largest absolute Gasteiger partial charge is 0.481 e. The van der Waals surface area contributed by atoms with Gasteiger partial charge in [-0.1, -0.05) is 20.8 Å². The average Bonchev–Trinajstić information content (AvgIpc) is 3.05. The number of aliphatic hydroxyl groups excluding tert-OH is 2. The normalized spacial score (nSPS) is 51.5. The Morgan fingerprint density at radius 2 is 1.83 bits per heavy atom. The summed E-state index contributed by atoms with van der Waals surface area (Å²) in [5, 5.41) is 32.0. The minimum Gasteiger partial charge on any atom is -0.481 e. The zero-order valence-corrected chi connectivity index (χ0v) is 19.2. The number of rotatable bonds is 5. The van der Waals surface area contributed by atoms with Gasteiger partial charge in [-0.05, 0) is 97.7 Å². The summed E-state index contributed by atoms with van der Waals surface area (Å²) in [6.45, 7) is 6.83. The molecule has 0 aromatic carbocycles. The Morgan fingerprint density at radius 1 is 1.10 bits per heavy atom. The van der Waals surface area contributed by atoms with Gasteiger partial charge in [0, 0.05) is 13.5 Å². The number of hydrogen-bond donors (Lipinski definition) is 3. The van der Waals surface area contributed by atoms with Gasteiger partial charge in [-0.3, -0.25) is 4.79 Å². The van der Waals surface area contributed by atoms with Crippen molar-refractivity contribution in [3.8, 4) is 0 Å². The molecule has 4 fully saturated rings. The van der Waals surface area contributed by atoms with Crippen molar-refractivity contribution in [2.45, 2.75) is 96.9 Å². The molecule has 172 valence electrons. The number of carboxylic acid groups (broad SMARTS) is 1. The van der Waals surface area contributed by atoms with E-state index in [-0.39, 0.29) is 41.3 Å². The smallest absolute Gasteiger partial charge is 0.303 e. The second kappa shape index (κ2) is 8.04. The van der Waals surface area contributed by atoms with Gasteiger partial charge in [0.15, 0.2) is 0 Å². The van der Waals surface area contributed by atoms with Crippen LogP contribution in [0.15, 0.2) is 0 Å². The molecule has 4 rings (SSSR count). The van der Waals surface area contributed by atoms with Gasteiger partial charge in [0.1, 0.15) is 0 Å². The maximum atomic E-state index is 11.5. The van der Waals surface area contributed by atoms with Gasteiger partial charge < -0.3 is 20.1 Å². The summed E-state index contributed by atoms with van der Waals surface area (Å²) >= 11 is 0. The van der Waals surface area contributed by atoms with Crippen LogP contribution in [-0.4, -0.2) is 46.7 Å². The van der Waals surface area contributed by atoms with Crippen molar-refractivity contribution in [1.29, 1.82) is 0 Å². The van der Waals surface area contributed by atoms with Crippen LogP contribution in [-0.2, 0) is 9.53 Å². The van der Waals surface area contributed by atoms with Crippen LogP contribution in [0, 0.1) is 46.3 Å². The van der Waals surface area contributed by atoms with E-state index >= 15 is 0 Å². The molecule has 0 saturated heterocycles. The Labute approximate surface area is 181 Å². The third-order valence-electron chi connectivity index (χ3n) is 10.6. The first-order chi connectivity index (χ1) is 14.1. The second-order valence-corrected chi connectivity index (χ2v) is 11.6. The minimum atomic E-state index is -0.737. The van der Waals surface area contributed by atoms with Gasteiger partial charge in [-0.15, -0.1) is 0 Å². The van der Waals surface area contributed by atoms with Crippen molar-refractivity contribution in [2.24, 2.45) is 46.3 Å². The van der Waals surface area contributed by atoms with E-state index in [1.165, 1.54) is 0 Å². The number of methoxy groups -OCH3 is 1. The fraction of sp³-hybridized carbons (Fsp3) is 0.960. The lowest BCUT2D eigenvalue weighted by atomic mass is 9.43. The number of ether oxygens (including phenoxy) is 1. The number of fused-ring (bicyclic) bond motifs is 5. The van der Waals surface area contributed by atoms with Gasteiger partial charge in [0.25, 0.3) is 0 Å². The number of hydrogen-bond acceptors (Lipinski definition) is 4. The van der Waals surface area contributed by atoms with E-state index in [0.29, 0.717) is 36.2 Å². The highest BCUT2D eigenvalue weighted by atomic mass is 16.5. The predicted molar refractivity (Wildman–Crippen MR) is 115 cm³/mol. The first-order valence-corrected chi connectivity index (χ1v) is 12.2. The van der Waals surface area contributed by atoms with Crippen molar-refractivity contribution >= 4 is 5.97 Å². The van der Waals surface area contributed by atoms with Gasteiger partial charge >= 0.3 is 5.97 Å². The van der Waals surface area contributed by atoms with E-state index in [9.17, 15) is 15.0 Å². The second-order valence-electron chi connectivity index (χ2n) is 11.6. The zero-order valence-electron chi connectivity index (χ0n) is 19.2. The van der Waals surface area contributed by atoms with Crippen molar-refractivity contribution in [1.82, 2.24) is 0 Å². The molecule has 0 aliphatic heterocycles. The first kappa shape index (κ1) is 22.5. The van der Waals surface area contributed by atoms with Crippen LogP contribution in [0.3, 0.4) is 0 Å². The van der Waals surface area contributed by atoms with E-state index in [1.54, 1.807) is 7.11 Å². The van der Waals surface area contributed by atoms with E-state index in [1.807, 2.05) is 0 Å². The van der Waals surface area contributed by atoms with E-state index < -0.39 is 5.97 Å². The Hall–Kier alpha value is -0.650. The monoisotopic (exact) mass is 422 g/mol. The molecule has 11 unspecified atom stereocenters. The number of aliphatic carboxylic acids is 1. The third-order valence-corrected chi connectivity index (χ3v) is 10.6. The van der Waals surface area contributed by atoms with Gasteiger partial charge in [-0.2, -0.15) is 0 Å². The maximum absolute atomic E-state index is 11.5. The van der Waals surface area contributed by atoms with Gasteiger partial charge in [0.2, 0.25) is 0 Å². The molecule has 0 bridgehead atoms. The Kier molecular flexibility index (Phi) is 6.04. The number of carbonyl (C=O) groups is 1. The van der Waals surface area contributed by atoms with Gasteiger partial charge in [-0.25, -0.2) is 0 Å². The summed E-state index contributed by atoms with van der Waals surface area (Å²) in [5.74, 6) is 1.30. The molecule has 30 heavy (non-hydrogen) atoms. The zero-order chi connectivity index (χ0) is 21.8. The highest BCUT2D eigenvalue weighted by molar-refractivity contribution is 5.66. The molecule has 11 atom stereocenters. The summed E-state index contributed by atoms with van der Waals surface area (Å²) in [6.07, 6.45) is 7.47. The standard InChI is InChI=1S/C25H42O5/c1-14(5-8-22(28)29)17-6-7-18-23-19(13-21(27)25(17,18)3)24(2)10-9-16(30-4)11-15(24)12-20(23)26/h14-21,23,26-27H,5-13H2,1-4H3,(H,28,29). The molecule has 0 aromatic heterocycles. The van der Waals surface area contributed by atoms with E-state index in [0.717, 1.165) is 44.9 Å². The number of carboxylic acids is 1. The molecule has 5 heteroatoms. The Morgan fingerprint density at radius 3 is 2.50 bits per heavy atom. The molecule has 0 radical (unpaired) electrons. The van der Waals surface area contributed by atoms with Crippen molar-refractivity contribution in [3.05, 3.63) is 0 Å². The molecule has 4 aliphatic rings. The molecular formula is C25H42O5. The fourth-order valence-electron chi connectivity index (χ4n) is 8.88. The van der Waals surface area contributed by atoms with Crippen LogP contribution >= 0.6 is 0 Å². The van der Waals surface area contributed by atoms with Crippen LogP contribution in [0.25, 0.3) is 0 Å². The summed E-state index contributed by atoms with van der Waals surface area (Å²) < 4.78 is 5.67. The van der Waals surface area contributed by atoms with E-state index in [2.05, 4.69) is 20.8 Å². The van der Waals surface area contributed by atoms with Crippen LogP contribution in [0.4, 0.5) is 0 Å². The van der Waals surface area contributed by atoms with Crippen molar-refractivity contribution < 1.29 is 24.9 Å². The predicted octanol–water partition coefficient (Wildman–Crippen LogP) is 4.10. The molecule has 4 aliphatic carbocycles. The molecule has 3 N–H and O–H groups in total. The minimum absolute atomic E-state index is 0.175. The molecule has 0 amide bonds. The fourth-order valence-corrected chi connectivity index (χ4v) is 8.88. The molecule has 4 saturated carbocycles. The maximum Gasteiger partial charge on any atom is 0.303 e. The van der Waals surface area contributed by atoms with Gasteiger partial charge in [0.05, 0.1) is 18.3 Å². The summed E-state index contributed by atoms with van der Waals surface area (Å²) in [6, 6.07) is 0. The molecular weight excluding hydrogens is 380 g/mol. The third kappa shape index (κ3) is 3.34. The number of aliphatic hydroxyl groups is 2. The Bertz CT molecular complexity index is 651. The van der Waals surface area contributed by atoms with Crippen molar-refractivity contribution in [3.63, 3.8) is 0 Å². The molecule has 5 nitrogen and oxygen atoms in total. The first-order valence-electron chi connectivity index (χ1n) is 12.2. The lowest BCUT2D eigenvalue weighted by molar-refractivity contribution is -0.208.